The summed E-state index contributed by atoms with van der Waals surface area (Å²) in [6.45, 7) is 9.89. The number of halogens is 1. The number of rotatable bonds is 12. The summed E-state index contributed by atoms with van der Waals surface area (Å²) in [6.07, 6.45) is 1.39. The van der Waals surface area contributed by atoms with Gasteiger partial charge in [0.2, 0.25) is 0 Å². The molecule has 1 atom stereocenters. The van der Waals surface area contributed by atoms with Gasteiger partial charge in [-0.1, -0.05) is 38.2 Å². The molecule has 0 bridgehead atoms. The van der Waals surface area contributed by atoms with Gasteiger partial charge in [0.15, 0.2) is 6.61 Å². The van der Waals surface area contributed by atoms with Crippen molar-refractivity contribution in [3.05, 3.63) is 53.8 Å². The standard InChI is InChI=1S/C31H40FN5O4S/c1-3-34(4-2)19-22-5-10-25(11-6-22)40-21-29(38)36-15-13-35(14-16-36)28-12-9-24(17-27(28)32)37-20-26(41-31(37)39)18-33-30(42)23-7-8-23/h5-6,9-12,17,23,26H,3-4,7-8,13-16,18-21H2,1-2H3,(H,33,42)/t26-/m0/s1. The third-order valence-electron chi connectivity index (χ3n) is 8.13. The third-order valence-corrected chi connectivity index (χ3v) is 8.61. The number of hydrogen-bond acceptors (Lipinski definition) is 7. The predicted octanol–water partition coefficient (Wildman–Crippen LogP) is 4.05. The number of nitrogens with one attached hydrogen (secondary N) is 1. The van der Waals surface area contributed by atoms with E-state index in [9.17, 15) is 9.59 Å². The smallest absolute Gasteiger partial charge is 0.414 e. The largest absolute Gasteiger partial charge is 0.484 e. The van der Waals surface area contributed by atoms with E-state index in [2.05, 4.69) is 24.1 Å². The Kier molecular flexibility index (Phi) is 9.79. The topological polar surface area (TPSA) is 77.6 Å². The second-order valence-electron chi connectivity index (χ2n) is 11.0. The Morgan fingerprint density at radius 1 is 1.10 bits per heavy atom. The van der Waals surface area contributed by atoms with E-state index < -0.39 is 11.9 Å². The van der Waals surface area contributed by atoms with Crippen LogP contribution in [0.15, 0.2) is 42.5 Å². The number of piperazine rings is 1. The molecule has 42 heavy (non-hydrogen) atoms. The Morgan fingerprint density at radius 3 is 2.45 bits per heavy atom. The number of amides is 2. The molecule has 5 rings (SSSR count). The lowest BCUT2D eigenvalue weighted by Crippen LogP contribution is -2.50. The molecule has 2 aromatic carbocycles. The molecule has 3 fully saturated rings. The monoisotopic (exact) mass is 597 g/mol. The van der Waals surface area contributed by atoms with E-state index >= 15 is 4.39 Å². The van der Waals surface area contributed by atoms with Crippen LogP contribution in [0.5, 0.6) is 5.75 Å². The van der Waals surface area contributed by atoms with Gasteiger partial charge in [-0.2, -0.15) is 0 Å². The van der Waals surface area contributed by atoms with Crippen LogP contribution in [0.25, 0.3) is 0 Å². The molecule has 2 aliphatic heterocycles. The second-order valence-corrected chi connectivity index (χ2v) is 11.5. The van der Waals surface area contributed by atoms with Crippen molar-refractivity contribution in [1.29, 1.82) is 0 Å². The summed E-state index contributed by atoms with van der Waals surface area (Å²) >= 11 is 5.35. The van der Waals surface area contributed by atoms with E-state index in [1.807, 2.05) is 29.2 Å². The Bertz CT molecular complexity index is 1260. The lowest BCUT2D eigenvalue weighted by molar-refractivity contribution is -0.133. The normalized spacial score (nSPS) is 18.8. The fourth-order valence-electron chi connectivity index (χ4n) is 5.29. The number of benzene rings is 2. The molecule has 0 radical (unpaired) electrons. The summed E-state index contributed by atoms with van der Waals surface area (Å²) in [6, 6.07) is 12.7. The first kappa shape index (κ1) is 30.0. The van der Waals surface area contributed by atoms with Crippen molar-refractivity contribution in [3.63, 3.8) is 0 Å². The molecule has 226 valence electrons. The van der Waals surface area contributed by atoms with Crippen molar-refractivity contribution in [3.8, 4) is 5.75 Å². The van der Waals surface area contributed by atoms with Crippen LogP contribution in [0, 0.1) is 11.7 Å². The fourth-order valence-corrected chi connectivity index (χ4v) is 5.61. The molecule has 0 aromatic heterocycles. The fraction of sp³-hybridized carbons (Fsp3) is 0.516. The summed E-state index contributed by atoms with van der Waals surface area (Å²) in [5, 5.41) is 3.19. The number of ether oxygens (including phenoxy) is 2. The minimum Gasteiger partial charge on any atom is -0.484 e. The van der Waals surface area contributed by atoms with Gasteiger partial charge in [-0.3, -0.25) is 14.6 Å². The van der Waals surface area contributed by atoms with Crippen LogP contribution in [0.3, 0.4) is 0 Å². The number of nitrogens with zero attached hydrogens (tertiary/aromatic N) is 4. The minimum absolute atomic E-state index is 0.0345. The van der Waals surface area contributed by atoms with E-state index in [1.165, 1.54) is 16.5 Å². The Morgan fingerprint density at radius 2 is 1.81 bits per heavy atom. The molecule has 3 aliphatic rings. The number of carbonyl (C=O) groups excluding carboxylic acids is 2. The predicted molar refractivity (Wildman–Crippen MR) is 165 cm³/mol. The molecule has 1 N–H and O–H groups in total. The average molecular weight is 598 g/mol. The molecule has 9 nitrogen and oxygen atoms in total. The van der Waals surface area contributed by atoms with Gasteiger partial charge in [-0.05, 0) is 61.8 Å². The molecule has 0 spiro atoms. The van der Waals surface area contributed by atoms with E-state index in [1.54, 1.807) is 17.0 Å². The van der Waals surface area contributed by atoms with Crippen LogP contribution < -0.4 is 19.9 Å². The summed E-state index contributed by atoms with van der Waals surface area (Å²) in [4.78, 5) is 33.5. The maximum absolute atomic E-state index is 15.2. The first-order valence-electron chi connectivity index (χ1n) is 14.9. The Labute approximate surface area is 252 Å². The van der Waals surface area contributed by atoms with E-state index in [0.29, 0.717) is 62.3 Å². The maximum Gasteiger partial charge on any atom is 0.414 e. The second kappa shape index (κ2) is 13.7. The van der Waals surface area contributed by atoms with E-state index in [4.69, 9.17) is 21.7 Å². The highest BCUT2D eigenvalue weighted by molar-refractivity contribution is 7.80. The van der Waals surface area contributed by atoms with Crippen molar-refractivity contribution >= 4 is 40.6 Å². The molecule has 1 aliphatic carbocycles. The number of anilines is 2. The highest BCUT2D eigenvalue weighted by Gasteiger charge is 2.34. The van der Waals surface area contributed by atoms with Crippen molar-refractivity contribution in [2.75, 3.05) is 68.8 Å². The van der Waals surface area contributed by atoms with Crippen LogP contribution in [0.4, 0.5) is 20.6 Å². The molecule has 2 aromatic rings. The third kappa shape index (κ3) is 7.49. The van der Waals surface area contributed by atoms with Gasteiger partial charge in [-0.25, -0.2) is 9.18 Å². The zero-order valence-electron chi connectivity index (χ0n) is 24.4. The van der Waals surface area contributed by atoms with Crippen molar-refractivity contribution < 1.29 is 23.5 Å². The molecule has 2 heterocycles. The van der Waals surface area contributed by atoms with Crippen LogP contribution in [-0.4, -0.2) is 91.9 Å². The van der Waals surface area contributed by atoms with E-state index in [0.717, 1.165) is 37.5 Å². The molecule has 0 unspecified atom stereocenters. The summed E-state index contributed by atoms with van der Waals surface area (Å²) in [5.41, 5.74) is 2.12. The summed E-state index contributed by atoms with van der Waals surface area (Å²) in [7, 11) is 0. The van der Waals surface area contributed by atoms with Crippen molar-refractivity contribution in [2.24, 2.45) is 5.92 Å². The first-order chi connectivity index (χ1) is 20.3. The average Bonchev–Trinajstić information content (AvgIpc) is 3.80. The number of carbonyl (C=O) groups is 2. The van der Waals surface area contributed by atoms with Crippen molar-refractivity contribution in [2.45, 2.75) is 39.3 Å². The number of hydrogen-bond donors (Lipinski definition) is 1. The highest BCUT2D eigenvalue weighted by Crippen LogP contribution is 2.31. The van der Waals surface area contributed by atoms with Gasteiger partial charge in [0.05, 0.1) is 29.5 Å². The Balaban J connectivity index is 1.07. The molecule has 2 saturated heterocycles. The van der Waals surface area contributed by atoms with Gasteiger partial charge < -0.3 is 24.6 Å². The van der Waals surface area contributed by atoms with Crippen molar-refractivity contribution in [1.82, 2.24) is 15.1 Å². The van der Waals surface area contributed by atoms with Crippen LogP contribution in [-0.2, 0) is 16.1 Å². The number of thiocarbonyl (C=S) groups is 1. The van der Waals surface area contributed by atoms with Gasteiger partial charge in [0, 0.05) is 38.6 Å². The molecule has 2 amide bonds. The minimum atomic E-state index is -0.490. The van der Waals surface area contributed by atoms with Gasteiger partial charge in [0.1, 0.15) is 17.7 Å². The lowest BCUT2D eigenvalue weighted by Gasteiger charge is -2.36. The molecular formula is C31H40FN5O4S. The first-order valence-corrected chi connectivity index (χ1v) is 15.3. The SMILES string of the molecule is CCN(CC)Cc1ccc(OCC(=O)N2CCN(c3ccc(N4C[C@H](CNC(=S)C5CC5)OC4=O)cc3F)CC2)cc1. The van der Waals surface area contributed by atoms with Crippen LogP contribution in [0.2, 0.25) is 0 Å². The van der Waals surface area contributed by atoms with Gasteiger partial charge >= 0.3 is 6.09 Å². The molecular weight excluding hydrogens is 557 g/mol. The highest BCUT2D eigenvalue weighted by atomic mass is 32.1. The van der Waals surface area contributed by atoms with Crippen LogP contribution >= 0.6 is 12.2 Å². The zero-order chi connectivity index (χ0) is 29.6. The Hall–Kier alpha value is -3.44. The molecule has 11 heteroatoms. The summed E-state index contributed by atoms with van der Waals surface area (Å²) in [5.74, 6) is 0.615. The number of cyclic esters (lactones) is 1. The van der Waals surface area contributed by atoms with Gasteiger partial charge in [-0.15, -0.1) is 0 Å². The quantitative estimate of drug-likeness (QED) is 0.368. The maximum atomic E-state index is 15.2. The summed E-state index contributed by atoms with van der Waals surface area (Å²) < 4.78 is 26.4. The molecule has 1 saturated carbocycles. The van der Waals surface area contributed by atoms with E-state index in [-0.39, 0.29) is 18.6 Å². The van der Waals surface area contributed by atoms with Crippen LogP contribution in [0.1, 0.15) is 32.3 Å². The zero-order valence-corrected chi connectivity index (χ0v) is 25.2. The van der Waals surface area contributed by atoms with Gasteiger partial charge in [0.25, 0.3) is 5.91 Å². The lowest BCUT2D eigenvalue weighted by atomic mass is 10.2.